The lowest BCUT2D eigenvalue weighted by Crippen LogP contribution is -2.42. The van der Waals surface area contributed by atoms with E-state index in [-0.39, 0.29) is 41.1 Å². The number of piperidine rings is 1. The second-order valence-corrected chi connectivity index (χ2v) is 13.1. The van der Waals surface area contributed by atoms with E-state index in [2.05, 4.69) is 9.97 Å². The zero-order valence-electron chi connectivity index (χ0n) is 23.8. The largest absolute Gasteiger partial charge is 0.508 e. The van der Waals surface area contributed by atoms with Crippen LogP contribution in [0.25, 0.3) is 11.3 Å². The summed E-state index contributed by atoms with van der Waals surface area (Å²) in [5, 5.41) is 20.3. The Labute approximate surface area is 253 Å². The Morgan fingerprint density at radius 3 is 2.48 bits per heavy atom. The van der Waals surface area contributed by atoms with Crippen LogP contribution in [0.3, 0.4) is 0 Å². The number of halogens is 2. The number of fused-ring (bicyclic) bond motifs is 1. The Bertz CT molecular complexity index is 1840. The number of phenolic OH excluding ortho intramolecular Hbond substituents is 2. The van der Waals surface area contributed by atoms with E-state index in [0.29, 0.717) is 29.8 Å². The Morgan fingerprint density at radius 2 is 1.80 bits per heavy atom. The van der Waals surface area contributed by atoms with Crippen molar-refractivity contribution in [3.8, 4) is 22.8 Å². The van der Waals surface area contributed by atoms with E-state index in [9.17, 15) is 32.2 Å². The predicted molar refractivity (Wildman–Crippen MR) is 159 cm³/mol. The summed E-state index contributed by atoms with van der Waals surface area (Å²) in [4.78, 5) is 24.2. The van der Waals surface area contributed by atoms with Crippen molar-refractivity contribution in [2.45, 2.75) is 49.5 Å². The van der Waals surface area contributed by atoms with Crippen LogP contribution in [0.15, 0.2) is 78.1 Å². The highest BCUT2D eigenvalue weighted by Gasteiger charge is 2.39. The highest BCUT2D eigenvalue weighted by atomic mass is 32.2. The number of aromatic nitrogens is 2. The number of carbonyl (C=O) groups excluding carboxylic acids is 1. The number of amides is 1. The van der Waals surface area contributed by atoms with Gasteiger partial charge in [0.2, 0.25) is 10.0 Å². The molecule has 0 aliphatic carbocycles. The number of phenols is 2. The van der Waals surface area contributed by atoms with Gasteiger partial charge in [0.1, 0.15) is 16.4 Å². The van der Waals surface area contributed by atoms with Crippen LogP contribution in [-0.2, 0) is 16.4 Å². The van der Waals surface area contributed by atoms with E-state index in [1.54, 1.807) is 36.4 Å². The Morgan fingerprint density at radius 1 is 1.02 bits per heavy atom. The van der Waals surface area contributed by atoms with Crippen LogP contribution >= 0.6 is 0 Å². The van der Waals surface area contributed by atoms with Crippen LogP contribution in [-0.4, -0.2) is 57.8 Å². The molecule has 9 nitrogen and oxygen atoms in total. The zero-order valence-corrected chi connectivity index (χ0v) is 24.6. The number of aryl methyl sites for hydroxylation is 2. The molecular weight excluding hydrogens is 590 g/mol. The number of sulfonamides is 1. The number of benzene rings is 2. The molecule has 1 amide bonds. The van der Waals surface area contributed by atoms with Crippen LogP contribution in [0.4, 0.5) is 14.5 Å². The zero-order chi connectivity index (χ0) is 31.2. The minimum absolute atomic E-state index is 0.0420. The fourth-order valence-corrected chi connectivity index (χ4v) is 7.40. The van der Waals surface area contributed by atoms with Crippen molar-refractivity contribution in [3.63, 3.8) is 0 Å². The number of alkyl halides is 2. The number of aromatic hydroxyl groups is 2. The molecule has 228 valence electrons. The van der Waals surface area contributed by atoms with Crippen LogP contribution in [0.1, 0.15) is 52.4 Å². The highest BCUT2D eigenvalue weighted by molar-refractivity contribution is 7.89. The molecule has 6 rings (SSSR count). The molecule has 2 aliphatic heterocycles. The highest BCUT2D eigenvalue weighted by Crippen LogP contribution is 2.42. The van der Waals surface area contributed by atoms with E-state index in [0.717, 1.165) is 27.1 Å². The minimum atomic E-state index is -3.98. The number of pyridine rings is 2. The van der Waals surface area contributed by atoms with Crippen LogP contribution in [0, 0.1) is 6.92 Å². The van der Waals surface area contributed by atoms with Gasteiger partial charge >= 0.3 is 0 Å². The summed E-state index contributed by atoms with van der Waals surface area (Å²) in [6, 6.07) is 14.2. The van der Waals surface area contributed by atoms with E-state index < -0.39 is 34.7 Å². The van der Waals surface area contributed by atoms with Crippen molar-refractivity contribution in [3.05, 3.63) is 95.4 Å². The van der Waals surface area contributed by atoms with Crippen molar-refractivity contribution in [2.75, 3.05) is 18.0 Å². The Hall–Kier alpha value is -4.42. The van der Waals surface area contributed by atoms with E-state index >= 15 is 0 Å². The van der Waals surface area contributed by atoms with Gasteiger partial charge in [-0.1, -0.05) is 12.1 Å². The molecule has 12 heteroatoms. The molecule has 0 spiro atoms. The Balaban J connectivity index is 1.34. The van der Waals surface area contributed by atoms with Gasteiger partial charge in [-0.25, -0.2) is 17.2 Å². The van der Waals surface area contributed by atoms with Crippen LogP contribution < -0.4 is 4.90 Å². The van der Waals surface area contributed by atoms with E-state index in [1.165, 1.54) is 24.4 Å². The number of carbonyl (C=O) groups is 1. The molecule has 1 unspecified atom stereocenters. The molecule has 1 atom stereocenters. The monoisotopic (exact) mass is 620 g/mol. The maximum absolute atomic E-state index is 13.9. The number of nitrogens with zero attached hydrogens (tertiary/aromatic N) is 4. The third-order valence-electron chi connectivity index (χ3n) is 8.26. The normalized spacial score (nSPS) is 18.5. The number of rotatable bonds is 5. The van der Waals surface area contributed by atoms with Crippen LogP contribution in [0.5, 0.6) is 11.5 Å². The first-order valence-electron chi connectivity index (χ1n) is 14.2. The summed E-state index contributed by atoms with van der Waals surface area (Å²) in [6.07, 6.45) is 4.79. The summed E-state index contributed by atoms with van der Waals surface area (Å²) in [7, 11) is -3.98. The third kappa shape index (κ3) is 5.50. The third-order valence-corrected chi connectivity index (χ3v) is 10.1. The smallest absolute Gasteiger partial charge is 0.262 e. The van der Waals surface area contributed by atoms with Gasteiger partial charge in [-0.05, 0) is 72.9 Å². The van der Waals surface area contributed by atoms with Gasteiger partial charge in [0, 0.05) is 61.8 Å². The van der Waals surface area contributed by atoms with Gasteiger partial charge in [-0.3, -0.25) is 14.8 Å². The molecule has 1 saturated heterocycles. The van der Waals surface area contributed by atoms with Gasteiger partial charge in [0.25, 0.3) is 11.8 Å². The van der Waals surface area contributed by atoms with Gasteiger partial charge < -0.3 is 15.1 Å². The summed E-state index contributed by atoms with van der Waals surface area (Å²) in [6.45, 7) is 1.24. The first-order chi connectivity index (χ1) is 20.9. The molecule has 2 N–H and O–H groups in total. The van der Waals surface area contributed by atoms with Crippen molar-refractivity contribution in [2.24, 2.45) is 0 Å². The van der Waals surface area contributed by atoms with Crippen molar-refractivity contribution in [1.82, 2.24) is 14.3 Å². The van der Waals surface area contributed by atoms with E-state index in [1.807, 2.05) is 18.2 Å². The first kappa shape index (κ1) is 29.6. The number of hydrogen-bond acceptors (Lipinski definition) is 7. The summed E-state index contributed by atoms with van der Waals surface area (Å²) in [5.74, 6) is -3.80. The maximum atomic E-state index is 13.9. The Kier molecular flexibility index (Phi) is 7.58. The fourth-order valence-electron chi connectivity index (χ4n) is 5.92. The minimum Gasteiger partial charge on any atom is -0.508 e. The average Bonchev–Trinajstić information content (AvgIpc) is 3.00. The van der Waals surface area contributed by atoms with Gasteiger partial charge in [0.05, 0.1) is 17.3 Å². The molecular formula is C32H30F2N4O5S. The molecule has 2 aromatic carbocycles. The molecule has 1 fully saturated rings. The first-order valence-corrected chi connectivity index (χ1v) is 15.6. The molecule has 0 radical (unpaired) electrons. The molecule has 4 aromatic rings. The number of hydrogen-bond donors (Lipinski definition) is 2. The molecule has 2 aliphatic rings. The lowest BCUT2D eigenvalue weighted by atomic mass is 9.89. The molecule has 4 heterocycles. The summed E-state index contributed by atoms with van der Waals surface area (Å²) in [5.41, 5.74) is 4.26. The van der Waals surface area contributed by atoms with Gasteiger partial charge in [0.15, 0.2) is 0 Å². The SMILES string of the molecule is Cc1cc(S(=O)(=O)N2CCC(F)(F)CC2)cnc1-c1ccc2c(c1)CCC(c1cccnc1)N2C(=O)c1ccc(O)cc1O. The van der Waals surface area contributed by atoms with E-state index in [4.69, 9.17) is 0 Å². The van der Waals surface area contributed by atoms with Crippen molar-refractivity contribution >= 4 is 21.6 Å². The summed E-state index contributed by atoms with van der Waals surface area (Å²) >= 11 is 0. The molecule has 2 aromatic heterocycles. The second kappa shape index (κ2) is 11.3. The van der Waals surface area contributed by atoms with Crippen LogP contribution in [0.2, 0.25) is 0 Å². The quantitative estimate of drug-likeness (QED) is 0.297. The van der Waals surface area contributed by atoms with Gasteiger partial charge in [-0.2, -0.15) is 4.31 Å². The molecule has 0 saturated carbocycles. The lowest BCUT2D eigenvalue weighted by molar-refractivity contribution is -0.0412. The fraction of sp³-hybridized carbons (Fsp3) is 0.281. The van der Waals surface area contributed by atoms with Crippen molar-refractivity contribution in [1.29, 1.82) is 0 Å². The summed E-state index contributed by atoms with van der Waals surface area (Å²) < 4.78 is 54.6. The maximum Gasteiger partial charge on any atom is 0.262 e. The van der Waals surface area contributed by atoms with Gasteiger partial charge in [-0.15, -0.1) is 0 Å². The second-order valence-electron chi connectivity index (χ2n) is 11.2. The molecule has 44 heavy (non-hydrogen) atoms. The topological polar surface area (TPSA) is 124 Å². The van der Waals surface area contributed by atoms with Crippen molar-refractivity contribution < 1.29 is 32.2 Å². The lowest BCUT2D eigenvalue weighted by Gasteiger charge is -2.38. The molecule has 0 bridgehead atoms. The number of anilines is 1. The predicted octanol–water partition coefficient (Wildman–Crippen LogP) is 5.62. The standard InChI is InChI=1S/C32H30F2N4O5S/c1-20-15-25(44(42,43)37-13-10-32(33,34)11-14-37)19-36-30(20)22-5-9-27-21(16-22)4-8-28(23-3-2-12-35-18-23)38(27)31(41)26-7-6-24(39)17-29(26)40/h2-3,5-7,9,12,15-19,28,39-40H,4,8,10-11,13-14H2,1H3. The average molecular weight is 621 g/mol.